The number of carbonyl (C=O) groups is 1. The van der Waals surface area contributed by atoms with Crippen LogP contribution in [-0.4, -0.2) is 86.7 Å². The van der Waals surface area contributed by atoms with Gasteiger partial charge in [0, 0.05) is 38.8 Å². The molecular formula is C17H33N3O2. The fourth-order valence-electron chi connectivity index (χ4n) is 3.71. The number of carbonyl (C=O) groups excluding carboxylic acids is 1. The van der Waals surface area contributed by atoms with Crippen molar-refractivity contribution in [3.05, 3.63) is 0 Å². The minimum absolute atomic E-state index is 0.0121. The zero-order valence-corrected chi connectivity index (χ0v) is 14.8. The SMILES string of the molecule is COC(=O)C(CN1CCN(C)CC1)C1CCN(C(C)C)CC1. The first kappa shape index (κ1) is 17.7. The number of esters is 1. The number of nitrogens with zero attached hydrogens (tertiary/aromatic N) is 3. The summed E-state index contributed by atoms with van der Waals surface area (Å²) in [4.78, 5) is 19.6. The summed E-state index contributed by atoms with van der Waals surface area (Å²) in [6.45, 7) is 11.9. The van der Waals surface area contributed by atoms with Crippen LogP contribution in [0.2, 0.25) is 0 Å². The highest BCUT2D eigenvalue weighted by molar-refractivity contribution is 5.73. The zero-order valence-electron chi connectivity index (χ0n) is 14.8. The number of hydrogen-bond donors (Lipinski definition) is 0. The van der Waals surface area contributed by atoms with Gasteiger partial charge in [0.25, 0.3) is 0 Å². The van der Waals surface area contributed by atoms with Crippen LogP contribution >= 0.6 is 0 Å². The Hall–Kier alpha value is -0.650. The third-order valence-electron chi connectivity index (χ3n) is 5.43. The molecule has 1 atom stereocenters. The van der Waals surface area contributed by atoms with Crippen LogP contribution in [0.4, 0.5) is 0 Å². The van der Waals surface area contributed by atoms with Crippen LogP contribution in [0.25, 0.3) is 0 Å². The highest BCUT2D eigenvalue weighted by Gasteiger charge is 2.34. The monoisotopic (exact) mass is 311 g/mol. The molecule has 0 bridgehead atoms. The summed E-state index contributed by atoms with van der Waals surface area (Å²) in [7, 11) is 3.69. The van der Waals surface area contributed by atoms with Gasteiger partial charge in [0.15, 0.2) is 0 Å². The molecule has 2 rings (SSSR count). The topological polar surface area (TPSA) is 36.0 Å². The standard InChI is InChI=1S/C17H33N3O2/c1-14(2)20-7-5-15(6-8-20)16(17(21)22-4)13-19-11-9-18(3)10-12-19/h14-16H,5-13H2,1-4H3. The van der Waals surface area contributed by atoms with Gasteiger partial charge in [-0.25, -0.2) is 0 Å². The van der Waals surface area contributed by atoms with E-state index in [4.69, 9.17) is 4.74 Å². The van der Waals surface area contributed by atoms with Gasteiger partial charge in [-0.3, -0.25) is 9.69 Å². The molecule has 0 aliphatic carbocycles. The minimum atomic E-state index is -0.0121. The van der Waals surface area contributed by atoms with E-state index in [1.165, 1.54) is 7.11 Å². The molecule has 2 aliphatic heterocycles. The van der Waals surface area contributed by atoms with Gasteiger partial charge in [0.2, 0.25) is 0 Å². The Bertz CT molecular complexity index is 346. The van der Waals surface area contributed by atoms with Gasteiger partial charge >= 0.3 is 5.97 Å². The van der Waals surface area contributed by atoms with Crippen molar-refractivity contribution in [3.63, 3.8) is 0 Å². The fourth-order valence-corrected chi connectivity index (χ4v) is 3.71. The summed E-state index contributed by atoms with van der Waals surface area (Å²) >= 11 is 0. The lowest BCUT2D eigenvalue weighted by Crippen LogP contribution is -2.49. The maximum absolute atomic E-state index is 12.3. The predicted octanol–water partition coefficient (Wildman–Crippen LogP) is 1.14. The summed E-state index contributed by atoms with van der Waals surface area (Å²) in [6, 6.07) is 0.607. The molecule has 0 saturated carbocycles. The summed E-state index contributed by atoms with van der Waals surface area (Å²) < 4.78 is 5.11. The van der Waals surface area contributed by atoms with Crippen LogP contribution in [0.5, 0.6) is 0 Å². The van der Waals surface area contributed by atoms with Gasteiger partial charge in [-0.2, -0.15) is 0 Å². The van der Waals surface area contributed by atoms with Gasteiger partial charge in [0.1, 0.15) is 0 Å². The molecule has 0 aromatic carbocycles. The summed E-state index contributed by atoms with van der Waals surface area (Å²) in [6.07, 6.45) is 2.23. The van der Waals surface area contributed by atoms with Crippen molar-refractivity contribution in [2.24, 2.45) is 11.8 Å². The quantitative estimate of drug-likeness (QED) is 0.712. The smallest absolute Gasteiger partial charge is 0.310 e. The number of methoxy groups -OCH3 is 1. The van der Waals surface area contributed by atoms with Crippen molar-refractivity contribution >= 4 is 5.97 Å². The van der Waals surface area contributed by atoms with E-state index >= 15 is 0 Å². The minimum Gasteiger partial charge on any atom is -0.469 e. The number of piperidine rings is 1. The number of likely N-dealkylation sites (N-methyl/N-ethyl adjacent to an activating group) is 1. The van der Waals surface area contributed by atoms with Crippen molar-refractivity contribution in [1.82, 2.24) is 14.7 Å². The zero-order chi connectivity index (χ0) is 16.1. The Labute approximate surface area is 135 Å². The van der Waals surface area contributed by atoms with E-state index in [0.29, 0.717) is 12.0 Å². The Morgan fingerprint density at radius 1 is 1.09 bits per heavy atom. The molecule has 0 amide bonds. The Balaban J connectivity index is 1.91. The third kappa shape index (κ3) is 4.67. The molecule has 0 aromatic rings. The van der Waals surface area contributed by atoms with Gasteiger partial charge in [-0.1, -0.05) is 0 Å². The van der Waals surface area contributed by atoms with E-state index < -0.39 is 0 Å². The number of hydrogen-bond acceptors (Lipinski definition) is 5. The van der Waals surface area contributed by atoms with Gasteiger partial charge in [-0.05, 0) is 52.7 Å². The van der Waals surface area contributed by atoms with Crippen LogP contribution in [0, 0.1) is 11.8 Å². The predicted molar refractivity (Wildman–Crippen MR) is 88.9 cm³/mol. The molecule has 0 aromatic heterocycles. The molecule has 5 heteroatoms. The van der Waals surface area contributed by atoms with Gasteiger partial charge in [-0.15, -0.1) is 0 Å². The normalized spacial score (nSPS) is 24.6. The molecular weight excluding hydrogens is 278 g/mol. The van der Waals surface area contributed by atoms with E-state index in [2.05, 4.69) is 35.6 Å². The summed E-state index contributed by atoms with van der Waals surface area (Å²) in [5, 5.41) is 0. The Kier molecular flexibility index (Phi) is 6.66. The second kappa shape index (κ2) is 8.27. The number of piperazine rings is 1. The lowest BCUT2D eigenvalue weighted by molar-refractivity contribution is -0.149. The van der Waals surface area contributed by atoms with Gasteiger partial charge < -0.3 is 14.5 Å². The number of likely N-dealkylation sites (tertiary alicyclic amines) is 1. The molecule has 2 saturated heterocycles. The van der Waals surface area contributed by atoms with Crippen molar-refractivity contribution in [2.75, 3.05) is 60.0 Å². The molecule has 128 valence electrons. The highest BCUT2D eigenvalue weighted by Crippen LogP contribution is 2.28. The first-order chi connectivity index (χ1) is 10.5. The van der Waals surface area contributed by atoms with Gasteiger partial charge in [0.05, 0.1) is 13.0 Å². The maximum atomic E-state index is 12.3. The van der Waals surface area contributed by atoms with Crippen LogP contribution in [0.1, 0.15) is 26.7 Å². The third-order valence-corrected chi connectivity index (χ3v) is 5.43. The second-order valence-electron chi connectivity index (χ2n) is 7.20. The van der Waals surface area contributed by atoms with Crippen molar-refractivity contribution < 1.29 is 9.53 Å². The molecule has 1 unspecified atom stereocenters. The number of ether oxygens (including phenoxy) is 1. The molecule has 0 N–H and O–H groups in total. The first-order valence-electron chi connectivity index (χ1n) is 8.74. The Morgan fingerprint density at radius 2 is 1.68 bits per heavy atom. The number of rotatable bonds is 5. The first-order valence-corrected chi connectivity index (χ1v) is 8.74. The van der Waals surface area contributed by atoms with E-state index in [-0.39, 0.29) is 11.9 Å². The average Bonchev–Trinajstić information content (AvgIpc) is 2.53. The Morgan fingerprint density at radius 3 is 2.18 bits per heavy atom. The van der Waals surface area contributed by atoms with E-state index in [1.807, 2.05) is 0 Å². The summed E-state index contributed by atoms with van der Waals surface area (Å²) in [5.74, 6) is 0.506. The fraction of sp³-hybridized carbons (Fsp3) is 0.941. The van der Waals surface area contributed by atoms with Crippen molar-refractivity contribution in [1.29, 1.82) is 0 Å². The molecule has 2 heterocycles. The lowest BCUT2D eigenvalue weighted by atomic mass is 9.83. The van der Waals surface area contributed by atoms with Crippen LogP contribution in [0.15, 0.2) is 0 Å². The van der Waals surface area contributed by atoms with Crippen LogP contribution in [0.3, 0.4) is 0 Å². The van der Waals surface area contributed by atoms with Crippen LogP contribution < -0.4 is 0 Å². The van der Waals surface area contributed by atoms with E-state index in [9.17, 15) is 4.79 Å². The largest absolute Gasteiger partial charge is 0.469 e. The second-order valence-corrected chi connectivity index (χ2v) is 7.20. The molecule has 2 fully saturated rings. The molecule has 0 radical (unpaired) electrons. The lowest BCUT2D eigenvalue weighted by Gasteiger charge is -2.40. The molecule has 2 aliphatic rings. The summed E-state index contributed by atoms with van der Waals surface area (Å²) in [5.41, 5.74) is 0. The van der Waals surface area contributed by atoms with E-state index in [1.54, 1.807) is 0 Å². The highest BCUT2D eigenvalue weighted by atomic mass is 16.5. The van der Waals surface area contributed by atoms with E-state index in [0.717, 1.165) is 58.7 Å². The molecule has 0 spiro atoms. The molecule has 5 nitrogen and oxygen atoms in total. The molecule has 22 heavy (non-hydrogen) atoms. The van der Waals surface area contributed by atoms with Crippen LogP contribution in [-0.2, 0) is 9.53 Å². The average molecular weight is 311 g/mol. The van der Waals surface area contributed by atoms with Crippen molar-refractivity contribution in [2.45, 2.75) is 32.7 Å². The van der Waals surface area contributed by atoms with Crippen molar-refractivity contribution in [3.8, 4) is 0 Å². The maximum Gasteiger partial charge on any atom is 0.310 e.